The van der Waals surface area contributed by atoms with Crippen LogP contribution in [0.2, 0.25) is 0 Å². The van der Waals surface area contributed by atoms with Crippen molar-refractivity contribution in [1.82, 2.24) is 0 Å². The van der Waals surface area contributed by atoms with Gasteiger partial charge in [-0.15, -0.1) is 0 Å². The van der Waals surface area contributed by atoms with Crippen LogP contribution < -0.4 is 10.0 Å². The molecule has 0 bridgehead atoms. The molecule has 0 N–H and O–H groups in total. The van der Waals surface area contributed by atoms with Gasteiger partial charge in [0, 0.05) is 16.7 Å². The van der Waals surface area contributed by atoms with Crippen LogP contribution in [0.25, 0.3) is 0 Å². The maximum atomic E-state index is 13.7. The molecule has 1 spiro atoms. The summed E-state index contributed by atoms with van der Waals surface area (Å²) in [6.45, 7) is 4.19. The van der Waals surface area contributed by atoms with Gasteiger partial charge in [0.1, 0.15) is 0 Å². The normalized spacial score (nSPS) is 18.4. The lowest BCUT2D eigenvalue weighted by molar-refractivity contribution is 0.106. The highest BCUT2D eigenvalue weighted by atomic mass is 32.2. The maximum Gasteiger partial charge on any atom is 0.234 e. The average molecular weight is 503 g/mol. The number of hydrogen-bond acceptors (Lipinski definition) is 6. The van der Waals surface area contributed by atoms with E-state index in [1.54, 1.807) is 0 Å². The Kier molecular flexibility index (Phi) is 5.89. The second kappa shape index (κ2) is 9.37. The minimum atomic E-state index is -0.925. The number of thioether (sulfide) groups is 1. The number of nitrogens with zero attached hydrogens (tertiary/aromatic N) is 4. The Labute approximate surface area is 221 Å². The van der Waals surface area contributed by atoms with E-state index in [-0.39, 0.29) is 5.78 Å². The first-order chi connectivity index (χ1) is 18.1. The Morgan fingerprint density at radius 1 is 0.757 bits per heavy atom. The van der Waals surface area contributed by atoms with Crippen molar-refractivity contribution in [3.63, 3.8) is 0 Å². The predicted octanol–water partition coefficient (Wildman–Crippen LogP) is 7.19. The number of ketones is 1. The average Bonchev–Trinajstić information content (AvgIpc) is 3.35. The Morgan fingerprint density at radius 3 is 2.05 bits per heavy atom. The standard InChI is InChI=1S/C31H26N4OS/c1-3-28-26-16-10-11-17-27(26)31(34(32-28)24-14-8-5-9-15-24)35(25-20-18-22(2)19-21-25)33-30(37-31)29(36)23-12-6-4-7-13-23/h4-21H,3H2,1-2H3. The molecule has 0 aromatic heterocycles. The van der Waals surface area contributed by atoms with Crippen molar-refractivity contribution in [3.05, 3.63) is 131 Å². The number of benzene rings is 4. The largest absolute Gasteiger partial charge is 0.286 e. The minimum absolute atomic E-state index is 0.102. The molecule has 2 aliphatic rings. The highest BCUT2D eigenvalue weighted by molar-refractivity contribution is 8.17. The van der Waals surface area contributed by atoms with E-state index in [9.17, 15) is 4.79 Å². The van der Waals surface area contributed by atoms with Crippen LogP contribution in [0, 0.1) is 6.92 Å². The topological polar surface area (TPSA) is 48.3 Å². The van der Waals surface area contributed by atoms with Gasteiger partial charge in [0.25, 0.3) is 0 Å². The molecular formula is C31H26N4OS. The highest BCUT2D eigenvalue weighted by Gasteiger charge is 2.56. The summed E-state index contributed by atoms with van der Waals surface area (Å²) in [5.74, 6) is -0.102. The Balaban J connectivity index is 1.61. The molecule has 0 saturated heterocycles. The molecule has 6 rings (SSSR count). The molecule has 5 nitrogen and oxygen atoms in total. The molecule has 0 amide bonds. The van der Waals surface area contributed by atoms with Gasteiger partial charge in [0.15, 0.2) is 5.04 Å². The number of carbonyl (C=O) groups is 1. The number of hydrogen-bond donors (Lipinski definition) is 0. The molecule has 2 aliphatic heterocycles. The fraction of sp³-hybridized carbons (Fsp3) is 0.129. The highest BCUT2D eigenvalue weighted by Crippen LogP contribution is 2.55. The van der Waals surface area contributed by atoms with Crippen molar-refractivity contribution < 1.29 is 4.79 Å². The summed E-state index contributed by atoms with van der Waals surface area (Å²) in [6.07, 6.45) is 0.780. The van der Waals surface area contributed by atoms with E-state index < -0.39 is 4.99 Å². The van der Waals surface area contributed by atoms with Gasteiger partial charge in [-0.05, 0) is 49.4 Å². The molecule has 2 heterocycles. The Hall–Kier alpha value is -4.16. The van der Waals surface area contributed by atoms with Gasteiger partial charge in [0.05, 0.1) is 17.1 Å². The molecule has 4 aromatic carbocycles. The molecule has 0 fully saturated rings. The summed E-state index contributed by atoms with van der Waals surface area (Å²) in [7, 11) is 0. The molecule has 37 heavy (non-hydrogen) atoms. The summed E-state index contributed by atoms with van der Waals surface area (Å²) in [4.78, 5) is 12.8. The van der Waals surface area contributed by atoms with Crippen molar-refractivity contribution in [3.8, 4) is 0 Å². The van der Waals surface area contributed by atoms with E-state index in [2.05, 4.69) is 62.4 Å². The van der Waals surface area contributed by atoms with Crippen LogP contribution in [-0.2, 0) is 4.99 Å². The van der Waals surface area contributed by atoms with E-state index in [4.69, 9.17) is 10.2 Å². The third kappa shape index (κ3) is 3.85. The number of aryl methyl sites for hydroxylation is 1. The monoisotopic (exact) mass is 502 g/mol. The number of rotatable bonds is 5. The van der Waals surface area contributed by atoms with Crippen molar-refractivity contribution in [2.24, 2.45) is 10.2 Å². The molecule has 1 unspecified atom stereocenters. The number of hydrazone groups is 2. The number of carbonyl (C=O) groups excluding carboxylic acids is 1. The molecular weight excluding hydrogens is 476 g/mol. The van der Waals surface area contributed by atoms with E-state index >= 15 is 0 Å². The smallest absolute Gasteiger partial charge is 0.234 e. The molecule has 6 heteroatoms. The summed E-state index contributed by atoms with van der Waals surface area (Å²) in [6, 6.07) is 36.1. The van der Waals surface area contributed by atoms with E-state index in [1.807, 2.05) is 70.7 Å². The Bertz CT molecular complexity index is 1520. The van der Waals surface area contributed by atoms with E-state index in [0.29, 0.717) is 10.6 Å². The summed E-state index contributed by atoms with van der Waals surface area (Å²) < 4.78 is 0. The van der Waals surface area contributed by atoms with E-state index in [0.717, 1.165) is 40.2 Å². The van der Waals surface area contributed by atoms with Crippen LogP contribution in [0.15, 0.2) is 119 Å². The van der Waals surface area contributed by atoms with Gasteiger partial charge in [-0.25, -0.2) is 10.0 Å². The maximum absolute atomic E-state index is 13.7. The quantitative estimate of drug-likeness (QED) is 0.271. The third-order valence-electron chi connectivity index (χ3n) is 6.66. The van der Waals surface area contributed by atoms with Crippen LogP contribution in [0.3, 0.4) is 0 Å². The zero-order valence-electron chi connectivity index (χ0n) is 20.7. The van der Waals surface area contributed by atoms with Gasteiger partial charge >= 0.3 is 0 Å². The van der Waals surface area contributed by atoms with Gasteiger partial charge in [-0.3, -0.25) is 4.79 Å². The van der Waals surface area contributed by atoms with Gasteiger partial charge in [-0.2, -0.15) is 10.2 Å². The van der Waals surface area contributed by atoms with Crippen LogP contribution in [-0.4, -0.2) is 16.5 Å². The second-order valence-corrected chi connectivity index (χ2v) is 10.2. The molecule has 0 aliphatic carbocycles. The first-order valence-electron chi connectivity index (χ1n) is 12.4. The lowest BCUT2D eigenvalue weighted by atomic mass is 9.96. The van der Waals surface area contributed by atoms with Crippen molar-refractivity contribution >= 4 is 39.7 Å². The number of para-hydroxylation sites is 1. The lowest BCUT2D eigenvalue weighted by Gasteiger charge is -2.47. The summed E-state index contributed by atoms with van der Waals surface area (Å²) >= 11 is 1.45. The fourth-order valence-electron chi connectivity index (χ4n) is 4.82. The summed E-state index contributed by atoms with van der Waals surface area (Å²) in [5, 5.41) is 14.7. The zero-order valence-corrected chi connectivity index (χ0v) is 21.5. The van der Waals surface area contributed by atoms with Crippen molar-refractivity contribution in [2.75, 3.05) is 10.0 Å². The number of anilines is 2. The van der Waals surface area contributed by atoms with Crippen molar-refractivity contribution in [2.45, 2.75) is 25.3 Å². The van der Waals surface area contributed by atoms with E-state index in [1.165, 1.54) is 11.8 Å². The lowest BCUT2D eigenvalue weighted by Crippen LogP contribution is -2.53. The van der Waals surface area contributed by atoms with Crippen LogP contribution >= 0.6 is 11.8 Å². The molecule has 1 atom stereocenters. The van der Waals surface area contributed by atoms with Crippen molar-refractivity contribution in [1.29, 1.82) is 0 Å². The summed E-state index contributed by atoms with van der Waals surface area (Å²) in [5.41, 5.74) is 6.71. The van der Waals surface area contributed by atoms with Crippen LogP contribution in [0.4, 0.5) is 11.4 Å². The van der Waals surface area contributed by atoms with Crippen LogP contribution in [0.5, 0.6) is 0 Å². The van der Waals surface area contributed by atoms with Crippen LogP contribution in [0.1, 0.15) is 40.4 Å². The molecule has 4 aromatic rings. The number of fused-ring (bicyclic) bond motifs is 2. The van der Waals surface area contributed by atoms with Gasteiger partial charge < -0.3 is 0 Å². The minimum Gasteiger partial charge on any atom is -0.286 e. The van der Waals surface area contributed by atoms with Gasteiger partial charge in [-0.1, -0.05) is 97.4 Å². The fourth-order valence-corrected chi connectivity index (χ4v) is 6.18. The Morgan fingerprint density at radius 2 is 1.35 bits per heavy atom. The first-order valence-corrected chi connectivity index (χ1v) is 13.2. The first kappa shape index (κ1) is 23.3. The predicted molar refractivity (Wildman–Crippen MR) is 153 cm³/mol. The molecule has 0 radical (unpaired) electrons. The van der Waals surface area contributed by atoms with Gasteiger partial charge in [0.2, 0.25) is 10.8 Å². The second-order valence-electron chi connectivity index (χ2n) is 9.05. The molecule has 182 valence electrons. The number of Topliss-reactive ketones (excluding diaryl/α,β-unsaturated/α-hetero) is 1. The third-order valence-corrected chi connectivity index (χ3v) is 7.97. The zero-order chi connectivity index (χ0) is 25.4. The SMILES string of the molecule is CCC1=NN(c2ccccc2)C2(SC(C(=O)c3ccccc3)=NN2c2ccc(C)cc2)c2ccccc21. The molecule has 0 saturated carbocycles.